The van der Waals surface area contributed by atoms with Crippen molar-refractivity contribution in [1.82, 2.24) is 19.5 Å². The van der Waals surface area contributed by atoms with E-state index >= 15 is 0 Å². The van der Waals surface area contributed by atoms with Gasteiger partial charge in [0.05, 0.1) is 21.7 Å². The second-order valence-corrected chi connectivity index (χ2v) is 10.4. The lowest BCUT2D eigenvalue weighted by atomic mass is 10.2. The summed E-state index contributed by atoms with van der Waals surface area (Å²) in [4.78, 5) is 15.5. The molecule has 0 saturated heterocycles. The molecule has 0 aromatic carbocycles. The number of carbonyl (C=O) groups is 1. The van der Waals surface area contributed by atoms with E-state index in [0.29, 0.717) is 22.5 Å². The minimum atomic E-state index is -4.59. The first-order chi connectivity index (χ1) is 14.5. The van der Waals surface area contributed by atoms with Gasteiger partial charge in [0.2, 0.25) is 0 Å². The Balaban J connectivity index is 2.30. The summed E-state index contributed by atoms with van der Waals surface area (Å²) in [6, 6.07) is 0.755. The molecule has 0 aliphatic carbocycles. The number of ether oxygens (including phenoxy) is 1. The van der Waals surface area contributed by atoms with Crippen LogP contribution in [0.15, 0.2) is 27.7 Å². The summed E-state index contributed by atoms with van der Waals surface area (Å²) in [6.45, 7) is 6.35. The first-order valence-electron chi connectivity index (χ1n) is 8.86. The van der Waals surface area contributed by atoms with Crippen molar-refractivity contribution in [2.24, 2.45) is 7.05 Å². The van der Waals surface area contributed by atoms with Gasteiger partial charge in [-0.15, -0.1) is 0 Å². The molecule has 2 aromatic rings. The van der Waals surface area contributed by atoms with Crippen molar-refractivity contribution in [3.63, 3.8) is 0 Å². The minimum Gasteiger partial charge on any atom is -0.443 e. The highest BCUT2D eigenvalue weighted by Gasteiger charge is 2.32. The van der Waals surface area contributed by atoms with Crippen LogP contribution in [-0.2, 0) is 28.0 Å². The van der Waals surface area contributed by atoms with E-state index in [9.17, 15) is 26.4 Å². The number of nitrogens with zero attached hydrogens (tertiary/aromatic N) is 3. The average molecular weight is 513 g/mol. The Hall–Kier alpha value is -2.25. The number of halogens is 4. The molecule has 0 radical (unpaired) electrons. The van der Waals surface area contributed by atoms with E-state index in [2.05, 4.69) is 10.1 Å². The highest BCUT2D eigenvalue weighted by Crippen LogP contribution is 2.38. The number of amides is 1. The zero-order valence-electron chi connectivity index (χ0n) is 17.6. The number of alkyl halides is 3. The van der Waals surface area contributed by atoms with Gasteiger partial charge in [-0.3, -0.25) is 4.68 Å². The summed E-state index contributed by atoms with van der Waals surface area (Å²) in [5.74, 6) is 0. The fourth-order valence-corrected chi connectivity index (χ4v) is 4.20. The molecule has 0 atom stereocenters. The van der Waals surface area contributed by atoms with E-state index in [0.717, 1.165) is 23.2 Å². The summed E-state index contributed by atoms with van der Waals surface area (Å²) in [7, 11) is -2.63. The topological polar surface area (TPSA) is 103 Å². The van der Waals surface area contributed by atoms with Crippen LogP contribution in [0.1, 0.15) is 37.6 Å². The van der Waals surface area contributed by atoms with Crippen LogP contribution in [-0.4, -0.2) is 34.9 Å². The van der Waals surface area contributed by atoms with Crippen molar-refractivity contribution in [2.45, 2.75) is 49.5 Å². The molecule has 2 aromatic heterocycles. The van der Waals surface area contributed by atoms with Gasteiger partial charge in [0, 0.05) is 18.8 Å². The molecule has 0 fully saturated rings. The number of hydrogen-bond donors (Lipinski definition) is 1. The van der Waals surface area contributed by atoms with Crippen molar-refractivity contribution < 1.29 is 31.1 Å². The molecule has 2 heterocycles. The van der Waals surface area contributed by atoms with Gasteiger partial charge in [-0.2, -0.15) is 18.3 Å². The van der Waals surface area contributed by atoms with Gasteiger partial charge in [0.1, 0.15) is 15.7 Å². The summed E-state index contributed by atoms with van der Waals surface area (Å²) >= 11 is 6.88. The lowest BCUT2D eigenvalue weighted by molar-refractivity contribution is -0.137. The maximum Gasteiger partial charge on any atom is 0.421 e. The Morgan fingerprint density at radius 1 is 1.31 bits per heavy atom. The quantitative estimate of drug-likeness (QED) is 0.615. The van der Waals surface area contributed by atoms with Crippen molar-refractivity contribution in [3.05, 3.63) is 39.5 Å². The van der Waals surface area contributed by atoms with Gasteiger partial charge < -0.3 is 4.74 Å². The molecule has 0 aliphatic rings. The molecular weight excluding hydrogens is 493 g/mol. The number of rotatable bonds is 5. The van der Waals surface area contributed by atoms with Crippen molar-refractivity contribution in [3.8, 4) is 0 Å². The highest BCUT2D eigenvalue weighted by molar-refractivity contribution is 7.99. The van der Waals surface area contributed by atoms with E-state index in [1.165, 1.54) is 10.8 Å². The molecule has 2 rings (SSSR count). The third kappa shape index (κ3) is 7.14. The SMILES string of the molecule is Cc1nn(C)c(Sc2ncc(C(F)(F)F)cc2Cl)c1/C=C/S(=O)(=O)NC(=O)OC(C)(C)C. The first kappa shape index (κ1) is 26.0. The molecule has 8 nitrogen and oxygen atoms in total. The highest BCUT2D eigenvalue weighted by atomic mass is 35.5. The molecule has 0 unspecified atom stereocenters. The maximum atomic E-state index is 12.8. The molecule has 1 N–H and O–H groups in total. The van der Waals surface area contributed by atoms with E-state index in [-0.39, 0.29) is 10.0 Å². The van der Waals surface area contributed by atoms with Gasteiger partial charge in [-0.1, -0.05) is 11.6 Å². The van der Waals surface area contributed by atoms with E-state index < -0.39 is 33.5 Å². The van der Waals surface area contributed by atoms with Crippen LogP contribution in [0.4, 0.5) is 18.0 Å². The minimum absolute atomic E-state index is 0.0760. The van der Waals surface area contributed by atoms with Crippen molar-refractivity contribution >= 4 is 45.6 Å². The smallest absolute Gasteiger partial charge is 0.421 e. The predicted molar refractivity (Wildman–Crippen MR) is 114 cm³/mol. The van der Waals surface area contributed by atoms with Crippen LogP contribution in [0, 0.1) is 6.92 Å². The van der Waals surface area contributed by atoms with E-state index in [4.69, 9.17) is 16.3 Å². The zero-order chi connectivity index (χ0) is 24.5. The first-order valence-corrected chi connectivity index (χ1v) is 11.6. The van der Waals surface area contributed by atoms with Gasteiger partial charge in [0.15, 0.2) is 0 Å². The number of hydrogen-bond acceptors (Lipinski definition) is 7. The summed E-state index contributed by atoms with van der Waals surface area (Å²) < 4.78 is 71.0. The Labute approximate surface area is 192 Å². The standard InChI is InChI=1S/C18H20ClF3N4O4S2/c1-10-12(6-7-32(28,29)25-16(27)30-17(2,3)4)15(26(5)24-10)31-14-13(19)8-11(9-23-14)18(20,21)22/h6-9H,1-5H3,(H,25,27)/b7-6+. The Morgan fingerprint density at radius 3 is 2.47 bits per heavy atom. The zero-order valence-corrected chi connectivity index (χ0v) is 20.0. The molecular formula is C18H20ClF3N4O4S2. The summed E-state index contributed by atoms with van der Waals surface area (Å²) in [5.41, 5.74) is -1.10. The third-order valence-corrected chi connectivity index (χ3v) is 6.12. The van der Waals surface area contributed by atoms with Crippen LogP contribution in [0.2, 0.25) is 5.02 Å². The molecule has 176 valence electrons. The Kier molecular flexibility index (Phi) is 7.57. The molecule has 32 heavy (non-hydrogen) atoms. The Bertz CT molecular complexity index is 1160. The predicted octanol–water partition coefficient (Wildman–Crippen LogP) is 4.77. The van der Waals surface area contributed by atoms with Gasteiger partial charge in [-0.25, -0.2) is 22.9 Å². The largest absolute Gasteiger partial charge is 0.443 e. The number of aryl methyl sites for hydroxylation is 2. The van der Waals surface area contributed by atoms with E-state index in [1.807, 2.05) is 0 Å². The molecule has 0 saturated carbocycles. The molecule has 0 bridgehead atoms. The van der Waals surface area contributed by atoms with Crippen LogP contribution < -0.4 is 4.72 Å². The molecule has 0 spiro atoms. The fourth-order valence-electron chi connectivity index (χ4n) is 2.32. The number of carbonyl (C=O) groups excluding carboxylic acids is 1. The second-order valence-electron chi connectivity index (χ2n) is 7.49. The summed E-state index contributed by atoms with van der Waals surface area (Å²) in [6.07, 6.45) is -3.87. The number of nitrogens with one attached hydrogen (secondary N) is 1. The van der Waals surface area contributed by atoms with Crippen LogP contribution >= 0.6 is 23.4 Å². The lowest BCUT2D eigenvalue weighted by Gasteiger charge is -2.19. The number of pyridine rings is 1. The molecule has 14 heteroatoms. The third-order valence-electron chi connectivity index (χ3n) is 3.58. The lowest BCUT2D eigenvalue weighted by Crippen LogP contribution is -2.35. The normalized spacial score (nSPS) is 12.9. The van der Waals surface area contributed by atoms with Gasteiger partial charge in [-0.05, 0) is 51.6 Å². The fraction of sp³-hybridized carbons (Fsp3) is 0.389. The van der Waals surface area contributed by atoms with E-state index in [1.54, 1.807) is 39.5 Å². The van der Waals surface area contributed by atoms with Gasteiger partial charge in [0.25, 0.3) is 10.0 Å². The Morgan fingerprint density at radius 2 is 1.94 bits per heavy atom. The number of aromatic nitrogens is 3. The molecule has 0 aliphatic heterocycles. The van der Waals surface area contributed by atoms with Gasteiger partial charge >= 0.3 is 12.3 Å². The maximum absolute atomic E-state index is 12.8. The van der Waals surface area contributed by atoms with Crippen molar-refractivity contribution in [2.75, 3.05) is 0 Å². The summed E-state index contributed by atoms with van der Waals surface area (Å²) in [5, 5.41) is 5.17. The number of sulfonamides is 1. The van der Waals surface area contributed by atoms with Crippen molar-refractivity contribution in [1.29, 1.82) is 0 Å². The second kappa shape index (κ2) is 9.32. The monoisotopic (exact) mass is 512 g/mol. The van der Waals surface area contributed by atoms with Crippen LogP contribution in [0.5, 0.6) is 0 Å². The molecule has 1 amide bonds. The van der Waals surface area contributed by atoms with Crippen LogP contribution in [0.25, 0.3) is 6.08 Å². The van der Waals surface area contributed by atoms with Crippen LogP contribution in [0.3, 0.4) is 0 Å². The average Bonchev–Trinajstić information content (AvgIpc) is 2.84.